The number of aromatic nitrogens is 3. The molecule has 0 spiro atoms. The highest BCUT2D eigenvalue weighted by atomic mass is 16.5. The van der Waals surface area contributed by atoms with Crippen LogP contribution in [0.4, 0.5) is 5.82 Å². The van der Waals surface area contributed by atoms with Gasteiger partial charge in [0.05, 0.1) is 19.4 Å². The van der Waals surface area contributed by atoms with Gasteiger partial charge in [0, 0.05) is 37.0 Å². The van der Waals surface area contributed by atoms with E-state index in [1.54, 1.807) is 14.2 Å². The van der Waals surface area contributed by atoms with Crippen LogP contribution in [0.25, 0.3) is 16.8 Å². The Bertz CT molecular complexity index is 1070. The Labute approximate surface area is 185 Å². The molecule has 3 aromatic rings. The van der Waals surface area contributed by atoms with Gasteiger partial charge in [0.25, 0.3) is 0 Å². The van der Waals surface area contributed by atoms with E-state index in [9.17, 15) is 0 Å². The third kappa shape index (κ3) is 4.01. The number of unbranched alkanes of at least 4 members (excludes halogenated alkanes) is 1. The lowest BCUT2D eigenvalue weighted by Gasteiger charge is -2.27. The first-order valence-corrected chi connectivity index (χ1v) is 11.4. The van der Waals surface area contributed by atoms with Gasteiger partial charge in [-0.05, 0) is 62.8 Å². The number of hydrogen-bond acceptors (Lipinski definition) is 5. The highest BCUT2D eigenvalue weighted by molar-refractivity contribution is 5.83. The predicted octanol–water partition coefficient (Wildman–Crippen LogP) is 4.76. The molecule has 31 heavy (non-hydrogen) atoms. The van der Waals surface area contributed by atoms with Crippen molar-refractivity contribution >= 4 is 11.5 Å². The second-order valence-electron chi connectivity index (χ2n) is 8.42. The average Bonchev–Trinajstić information content (AvgIpc) is 3.36. The first-order chi connectivity index (χ1) is 15.1. The molecule has 6 heteroatoms. The minimum absolute atomic E-state index is 0.701. The Hall–Kier alpha value is -2.60. The molecule has 0 saturated carbocycles. The van der Waals surface area contributed by atoms with Crippen LogP contribution in [-0.2, 0) is 17.6 Å². The van der Waals surface area contributed by atoms with Crippen LogP contribution in [-0.4, -0.2) is 48.5 Å². The summed E-state index contributed by atoms with van der Waals surface area (Å²) < 4.78 is 13.0. The smallest absolute Gasteiger partial charge is 0.165 e. The van der Waals surface area contributed by atoms with Gasteiger partial charge in [0.15, 0.2) is 5.65 Å². The van der Waals surface area contributed by atoms with E-state index < -0.39 is 0 Å². The second kappa shape index (κ2) is 9.27. The first kappa shape index (κ1) is 21.6. The van der Waals surface area contributed by atoms with Crippen LogP contribution in [0.2, 0.25) is 0 Å². The van der Waals surface area contributed by atoms with Gasteiger partial charge in [0.1, 0.15) is 11.6 Å². The van der Waals surface area contributed by atoms with E-state index in [1.165, 1.54) is 28.2 Å². The lowest BCUT2D eigenvalue weighted by Crippen LogP contribution is -2.31. The van der Waals surface area contributed by atoms with Crippen LogP contribution in [0.5, 0.6) is 5.75 Å². The van der Waals surface area contributed by atoms with Crippen LogP contribution >= 0.6 is 0 Å². The quantitative estimate of drug-likeness (QED) is 0.497. The molecule has 1 aliphatic carbocycles. The third-order valence-corrected chi connectivity index (χ3v) is 6.29. The maximum absolute atomic E-state index is 5.44. The number of nitrogens with zero attached hydrogens (tertiary/aromatic N) is 4. The summed E-state index contributed by atoms with van der Waals surface area (Å²) in [7, 11) is 3.48. The van der Waals surface area contributed by atoms with Crippen LogP contribution in [0.15, 0.2) is 18.2 Å². The van der Waals surface area contributed by atoms with Gasteiger partial charge in [-0.15, -0.1) is 0 Å². The zero-order chi connectivity index (χ0) is 22.0. The van der Waals surface area contributed by atoms with Crippen LogP contribution in [0, 0.1) is 13.8 Å². The van der Waals surface area contributed by atoms with E-state index in [0.717, 1.165) is 67.8 Å². The molecule has 1 aromatic carbocycles. The standard InChI is InChI=1S/C25H34N4O2/c1-6-7-13-28(14-15-30-4)25-21-9-8-10-22(21)26-24-23(18(3)27-29(24)25)20-12-11-19(31-5)16-17(20)2/h11-12,16H,6-10,13-15H2,1-5H3. The minimum atomic E-state index is 0.701. The topological polar surface area (TPSA) is 51.9 Å². The maximum atomic E-state index is 5.44. The van der Waals surface area contributed by atoms with Crippen molar-refractivity contribution in [1.82, 2.24) is 14.6 Å². The number of methoxy groups -OCH3 is 2. The van der Waals surface area contributed by atoms with E-state index in [2.05, 4.69) is 42.3 Å². The zero-order valence-corrected chi connectivity index (χ0v) is 19.5. The molecule has 2 heterocycles. The number of hydrogen-bond donors (Lipinski definition) is 0. The monoisotopic (exact) mass is 422 g/mol. The van der Waals surface area contributed by atoms with E-state index >= 15 is 0 Å². The predicted molar refractivity (Wildman–Crippen MR) is 125 cm³/mol. The van der Waals surface area contributed by atoms with Gasteiger partial charge >= 0.3 is 0 Å². The van der Waals surface area contributed by atoms with Gasteiger partial charge in [-0.25, -0.2) is 4.98 Å². The van der Waals surface area contributed by atoms with Crippen molar-refractivity contribution in [1.29, 1.82) is 0 Å². The summed E-state index contributed by atoms with van der Waals surface area (Å²) in [4.78, 5) is 7.61. The van der Waals surface area contributed by atoms with Gasteiger partial charge in [0.2, 0.25) is 0 Å². The SMILES string of the molecule is CCCCN(CCOC)c1c2c(nc3c(-c4ccc(OC)cc4C)c(C)nn13)CCC2. The average molecular weight is 423 g/mol. The number of benzene rings is 1. The molecule has 0 unspecified atom stereocenters. The van der Waals surface area contributed by atoms with Crippen molar-refractivity contribution in [2.75, 3.05) is 38.8 Å². The molecule has 0 aliphatic heterocycles. The fourth-order valence-corrected chi connectivity index (χ4v) is 4.67. The molecule has 166 valence electrons. The third-order valence-electron chi connectivity index (χ3n) is 6.29. The van der Waals surface area contributed by atoms with E-state index in [4.69, 9.17) is 19.6 Å². The molecule has 0 bridgehead atoms. The summed E-state index contributed by atoms with van der Waals surface area (Å²) in [5.41, 5.74) is 8.02. The van der Waals surface area contributed by atoms with Crippen molar-refractivity contribution in [3.63, 3.8) is 0 Å². The second-order valence-corrected chi connectivity index (χ2v) is 8.42. The highest BCUT2D eigenvalue weighted by Gasteiger charge is 2.27. The Morgan fingerprint density at radius 3 is 2.68 bits per heavy atom. The summed E-state index contributed by atoms with van der Waals surface area (Å²) in [6, 6.07) is 6.23. The van der Waals surface area contributed by atoms with Crippen molar-refractivity contribution in [3.05, 3.63) is 40.7 Å². The van der Waals surface area contributed by atoms with Gasteiger partial charge in [-0.3, -0.25) is 0 Å². The van der Waals surface area contributed by atoms with Crippen molar-refractivity contribution in [2.24, 2.45) is 0 Å². The summed E-state index contributed by atoms with van der Waals surface area (Å²) in [6.45, 7) is 9.02. The first-order valence-electron chi connectivity index (χ1n) is 11.4. The van der Waals surface area contributed by atoms with Crippen molar-refractivity contribution in [2.45, 2.75) is 52.9 Å². The number of fused-ring (bicyclic) bond motifs is 2. The molecule has 0 atom stereocenters. The number of ether oxygens (including phenoxy) is 2. The van der Waals surface area contributed by atoms with Crippen LogP contribution in [0.3, 0.4) is 0 Å². The Balaban J connectivity index is 1.92. The number of aryl methyl sites for hydroxylation is 3. The Morgan fingerprint density at radius 1 is 1.13 bits per heavy atom. The molecular formula is C25H34N4O2. The number of anilines is 1. The molecule has 2 aromatic heterocycles. The molecule has 0 radical (unpaired) electrons. The minimum Gasteiger partial charge on any atom is -0.497 e. The summed E-state index contributed by atoms with van der Waals surface area (Å²) in [5, 5.41) is 5.03. The fourth-order valence-electron chi connectivity index (χ4n) is 4.67. The van der Waals surface area contributed by atoms with Crippen LogP contribution < -0.4 is 9.64 Å². The molecule has 4 rings (SSSR count). The molecule has 0 saturated heterocycles. The Morgan fingerprint density at radius 2 is 1.97 bits per heavy atom. The van der Waals surface area contributed by atoms with E-state index in [-0.39, 0.29) is 0 Å². The molecule has 6 nitrogen and oxygen atoms in total. The fraction of sp³-hybridized carbons (Fsp3) is 0.520. The van der Waals surface area contributed by atoms with E-state index in [1.807, 2.05) is 6.07 Å². The van der Waals surface area contributed by atoms with Crippen LogP contribution in [0.1, 0.15) is 48.7 Å². The van der Waals surface area contributed by atoms with Crippen molar-refractivity contribution < 1.29 is 9.47 Å². The summed E-state index contributed by atoms with van der Waals surface area (Å²) in [6.07, 6.45) is 5.57. The largest absolute Gasteiger partial charge is 0.497 e. The zero-order valence-electron chi connectivity index (χ0n) is 19.5. The van der Waals surface area contributed by atoms with Gasteiger partial charge in [-0.1, -0.05) is 19.4 Å². The maximum Gasteiger partial charge on any atom is 0.165 e. The number of rotatable bonds is 9. The van der Waals surface area contributed by atoms with E-state index in [0.29, 0.717) is 6.61 Å². The Kier molecular flexibility index (Phi) is 6.46. The summed E-state index contributed by atoms with van der Waals surface area (Å²) >= 11 is 0. The molecule has 1 aliphatic rings. The molecule has 0 fully saturated rings. The molecule has 0 N–H and O–H groups in total. The van der Waals surface area contributed by atoms with Gasteiger partial charge < -0.3 is 14.4 Å². The molecule has 0 amide bonds. The normalized spacial score (nSPS) is 13.1. The molecular weight excluding hydrogens is 388 g/mol. The van der Waals surface area contributed by atoms with Gasteiger partial charge in [-0.2, -0.15) is 9.61 Å². The summed E-state index contributed by atoms with van der Waals surface area (Å²) in [5.74, 6) is 2.08. The lowest BCUT2D eigenvalue weighted by molar-refractivity contribution is 0.205. The van der Waals surface area contributed by atoms with Crippen molar-refractivity contribution in [3.8, 4) is 16.9 Å². The lowest BCUT2D eigenvalue weighted by atomic mass is 10.0. The highest BCUT2D eigenvalue weighted by Crippen LogP contribution is 2.37.